The summed E-state index contributed by atoms with van der Waals surface area (Å²) in [6.07, 6.45) is 1.14. The van der Waals surface area contributed by atoms with Crippen LogP contribution in [-0.4, -0.2) is 26.4 Å². The summed E-state index contributed by atoms with van der Waals surface area (Å²) in [5, 5.41) is 3.73. The average molecular weight is 296 g/mol. The molecular formula is C13H16N2O4S. The number of nitrogen functional groups attached to an aromatic ring is 1. The molecule has 0 bridgehead atoms. The molecular weight excluding hydrogens is 280 g/mol. The molecule has 6 nitrogen and oxygen atoms in total. The first kappa shape index (κ1) is 14.4. The molecule has 0 aliphatic carbocycles. The molecule has 108 valence electrons. The van der Waals surface area contributed by atoms with E-state index in [9.17, 15) is 8.42 Å². The van der Waals surface area contributed by atoms with Gasteiger partial charge in [0.05, 0.1) is 17.9 Å². The maximum atomic E-state index is 11.4. The largest absolute Gasteiger partial charge is 0.494 e. The highest BCUT2D eigenvalue weighted by Crippen LogP contribution is 2.31. The van der Waals surface area contributed by atoms with Gasteiger partial charge >= 0.3 is 0 Å². The zero-order valence-electron chi connectivity index (χ0n) is 11.3. The Bertz CT molecular complexity index is 690. The van der Waals surface area contributed by atoms with Gasteiger partial charge in [0, 0.05) is 6.26 Å². The molecule has 1 aromatic heterocycles. The van der Waals surface area contributed by atoms with Crippen molar-refractivity contribution in [2.45, 2.75) is 12.7 Å². The summed E-state index contributed by atoms with van der Waals surface area (Å²) >= 11 is 0. The molecule has 20 heavy (non-hydrogen) atoms. The number of hydrogen-bond acceptors (Lipinski definition) is 6. The number of nitrogens with two attached hydrogens (primary N) is 1. The summed E-state index contributed by atoms with van der Waals surface area (Å²) in [4.78, 5) is 0. The Balaban J connectivity index is 2.39. The molecule has 0 aliphatic heterocycles. The molecule has 1 aromatic carbocycles. The van der Waals surface area contributed by atoms with Crippen LogP contribution in [0.4, 0.5) is 5.88 Å². The molecule has 2 rings (SSSR count). The van der Waals surface area contributed by atoms with Crippen LogP contribution in [0.25, 0.3) is 11.1 Å². The monoisotopic (exact) mass is 296 g/mol. The van der Waals surface area contributed by atoms with Crippen molar-refractivity contribution >= 4 is 15.7 Å². The van der Waals surface area contributed by atoms with Crippen molar-refractivity contribution in [3.8, 4) is 16.9 Å². The molecule has 0 fully saturated rings. The summed E-state index contributed by atoms with van der Waals surface area (Å²) < 4.78 is 33.0. The number of rotatable bonds is 5. The smallest absolute Gasteiger partial charge is 0.230 e. The second-order valence-electron chi connectivity index (χ2n) is 4.40. The average Bonchev–Trinajstić information content (AvgIpc) is 2.70. The number of ether oxygens (including phenoxy) is 1. The highest BCUT2D eigenvalue weighted by Gasteiger charge is 2.19. The Kier molecular flexibility index (Phi) is 3.99. The van der Waals surface area contributed by atoms with Crippen molar-refractivity contribution < 1.29 is 17.7 Å². The fourth-order valence-corrected chi connectivity index (χ4v) is 2.57. The van der Waals surface area contributed by atoms with Gasteiger partial charge in [0.1, 0.15) is 11.4 Å². The van der Waals surface area contributed by atoms with E-state index in [0.717, 1.165) is 17.6 Å². The van der Waals surface area contributed by atoms with E-state index >= 15 is 0 Å². The number of benzene rings is 1. The lowest BCUT2D eigenvalue weighted by Crippen LogP contribution is -2.02. The van der Waals surface area contributed by atoms with E-state index < -0.39 is 9.84 Å². The molecule has 1 heterocycles. The van der Waals surface area contributed by atoms with Crippen molar-refractivity contribution in [1.82, 2.24) is 5.16 Å². The van der Waals surface area contributed by atoms with Gasteiger partial charge in [-0.1, -0.05) is 17.3 Å². The van der Waals surface area contributed by atoms with Gasteiger partial charge in [0.25, 0.3) is 0 Å². The summed E-state index contributed by atoms with van der Waals surface area (Å²) in [5.74, 6) is 0.625. The van der Waals surface area contributed by atoms with Crippen molar-refractivity contribution in [2.75, 3.05) is 18.6 Å². The molecule has 0 unspecified atom stereocenters. The third kappa shape index (κ3) is 3.30. The van der Waals surface area contributed by atoms with E-state index in [1.165, 1.54) is 0 Å². The van der Waals surface area contributed by atoms with Gasteiger partial charge in [-0.25, -0.2) is 8.42 Å². The van der Waals surface area contributed by atoms with Gasteiger partial charge in [-0.05, 0) is 24.6 Å². The quantitative estimate of drug-likeness (QED) is 0.905. The van der Waals surface area contributed by atoms with Crippen LogP contribution in [0.1, 0.15) is 12.6 Å². The minimum Gasteiger partial charge on any atom is -0.494 e. The second-order valence-corrected chi connectivity index (χ2v) is 6.54. The number of anilines is 1. The first-order valence-electron chi connectivity index (χ1n) is 6.05. The Morgan fingerprint density at radius 1 is 1.30 bits per heavy atom. The molecule has 0 amide bonds. The Hall–Kier alpha value is -2.02. The number of nitrogens with zero attached hydrogens (tertiary/aromatic N) is 1. The van der Waals surface area contributed by atoms with Crippen LogP contribution in [0.3, 0.4) is 0 Å². The fourth-order valence-electron chi connectivity index (χ4n) is 1.88. The first-order chi connectivity index (χ1) is 9.40. The lowest BCUT2D eigenvalue weighted by atomic mass is 10.1. The normalized spacial score (nSPS) is 11.5. The SMILES string of the molecule is CCOc1ccc(-c2c(CS(C)(=O)=O)noc2N)cc1. The molecule has 0 spiro atoms. The minimum absolute atomic E-state index is 0.104. The highest BCUT2D eigenvalue weighted by atomic mass is 32.2. The number of hydrogen-bond donors (Lipinski definition) is 1. The zero-order chi connectivity index (χ0) is 14.8. The summed E-state index contributed by atoms with van der Waals surface area (Å²) in [6, 6.07) is 7.16. The molecule has 0 atom stereocenters. The van der Waals surface area contributed by atoms with Gasteiger partial charge in [-0.15, -0.1) is 0 Å². The van der Waals surface area contributed by atoms with Crippen LogP contribution in [0, 0.1) is 0 Å². The molecule has 0 saturated carbocycles. The zero-order valence-corrected chi connectivity index (χ0v) is 12.1. The Morgan fingerprint density at radius 2 is 1.95 bits per heavy atom. The topological polar surface area (TPSA) is 95.4 Å². The maximum absolute atomic E-state index is 11.4. The van der Waals surface area contributed by atoms with E-state index in [1.54, 1.807) is 24.3 Å². The van der Waals surface area contributed by atoms with Crippen LogP contribution < -0.4 is 10.5 Å². The summed E-state index contributed by atoms with van der Waals surface area (Å²) in [5.41, 5.74) is 7.30. The maximum Gasteiger partial charge on any atom is 0.230 e. The molecule has 7 heteroatoms. The van der Waals surface area contributed by atoms with Crippen LogP contribution in [0.2, 0.25) is 0 Å². The van der Waals surface area contributed by atoms with Crippen LogP contribution in [0.15, 0.2) is 28.8 Å². The van der Waals surface area contributed by atoms with Crippen LogP contribution >= 0.6 is 0 Å². The standard InChI is InChI=1S/C13H16N2O4S/c1-3-18-10-6-4-9(5-7-10)12-11(8-20(2,16)17)15-19-13(12)14/h4-7H,3,8,14H2,1-2H3. The molecule has 2 N–H and O–H groups in total. The van der Waals surface area contributed by atoms with Gasteiger partial charge in [0.15, 0.2) is 9.84 Å². The third-order valence-electron chi connectivity index (χ3n) is 2.64. The number of aromatic nitrogens is 1. The Labute approximate surface area is 117 Å². The lowest BCUT2D eigenvalue weighted by Gasteiger charge is -2.05. The predicted molar refractivity (Wildman–Crippen MR) is 76.1 cm³/mol. The van der Waals surface area contributed by atoms with E-state index in [1.807, 2.05) is 6.92 Å². The minimum atomic E-state index is -3.21. The second kappa shape index (κ2) is 5.54. The van der Waals surface area contributed by atoms with Crippen molar-refractivity contribution in [1.29, 1.82) is 0 Å². The summed E-state index contributed by atoms with van der Waals surface area (Å²) in [7, 11) is -3.21. The first-order valence-corrected chi connectivity index (χ1v) is 8.11. The van der Waals surface area contributed by atoms with E-state index in [2.05, 4.69) is 5.16 Å². The van der Waals surface area contributed by atoms with Gasteiger partial charge in [-0.2, -0.15) is 0 Å². The van der Waals surface area contributed by atoms with E-state index in [-0.39, 0.29) is 11.6 Å². The summed E-state index contributed by atoms with van der Waals surface area (Å²) in [6.45, 7) is 2.48. The van der Waals surface area contributed by atoms with Crippen molar-refractivity contribution in [3.05, 3.63) is 30.0 Å². The highest BCUT2D eigenvalue weighted by molar-refractivity contribution is 7.89. The van der Waals surface area contributed by atoms with E-state index in [0.29, 0.717) is 17.9 Å². The van der Waals surface area contributed by atoms with Crippen LogP contribution in [0.5, 0.6) is 5.75 Å². The molecule has 0 aliphatic rings. The molecule has 0 saturated heterocycles. The van der Waals surface area contributed by atoms with Gasteiger partial charge in [0.2, 0.25) is 5.88 Å². The lowest BCUT2D eigenvalue weighted by molar-refractivity contribution is 0.340. The Morgan fingerprint density at radius 3 is 2.50 bits per heavy atom. The fraction of sp³-hybridized carbons (Fsp3) is 0.308. The number of sulfone groups is 1. The van der Waals surface area contributed by atoms with Crippen molar-refractivity contribution in [3.63, 3.8) is 0 Å². The van der Waals surface area contributed by atoms with Crippen LogP contribution in [-0.2, 0) is 15.6 Å². The molecule has 0 radical (unpaired) electrons. The van der Waals surface area contributed by atoms with Gasteiger partial charge in [-0.3, -0.25) is 0 Å². The van der Waals surface area contributed by atoms with E-state index in [4.69, 9.17) is 15.0 Å². The molecule has 2 aromatic rings. The van der Waals surface area contributed by atoms with Crippen molar-refractivity contribution in [2.24, 2.45) is 0 Å². The predicted octanol–water partition coefficient (Wildman–Crippen LogP) is 1.87. The third-order valence-corrected chi connectivity index (χ3v) is 3.44. The van der Waals surface area contributed by atoms with Gasteiger partial charge < -0.3 is 15.0 Å².